The van der Waals surface area contributed by atoms with Gasteiger partial charge in [-0.1, -0.05) is 71.6 Å². The summed E-state index contributed by atoms with van der Waals surface area (Å²) in [4.78, 5) is 7.34. The van der Waals surface area contributed by atoms with Gasteiger partial charge in [0.25, 0.3) is 0 Å². The topological polar surface area (TPSA) is 87.1 Å². The van der Waals surface area contributed by atoms with Crippen molar-refractivity contribution >= 4 is 40.9 Å². The lowest BCUT2D eigenvalue weighted by molar-refractivity contribution is 0.0954. The van der Waals surface area contributed by atoms with Crippen molar-refractivity contribution in [3.05, 3.63) is 74.2 Å². The monoisotopic (exact) mass is 649 g/mol. The summed E-state index contributed by atoms with van der Waals surface area (Å²) in [7, 11) is 0. The van der Waals surface area contributed by atoms with Crippen molar-refractivity contribution in [3.8, 4) is 18.2 Å². The first kappa shape index (κ1) is 37.2. The molecule has 2 heterocycles. The minimum Gasteiger partial charge on any atom is -0.480 e. The van der Waals surface area contributed by atoms with Gasteiger partial charge >= 0.3 is 0 Å². The Bertz CT molecular complexity index is 1560. The van der Waals surface area contributed by atoms with Crippen molar-refractivity contribution in [1.29, 1.82) is 15.8 Å². The van der Waals surface area contributed by atoms with Crippen molar-refractivity contribution < 1.29 is 4.74 Å². The van der Waals surface area contributed by atoms with Crippen LogP contribution in [0.25, 0.3) is 18.2 Å². The second-order valence-electron chi connectivity index (χ2n) is 12.5. The van der Waals surface area contributed by atoms with Crippen LogP contribution in [-0.2, 0) is 4.74 Å². The quantitative estimate of drug-likeness (QED) is 0.149. The molecule has 1 aromatic carbocycles. The zero-order valence-electron chi connectivity index (χ0n) is 29.2. The highest BCUT2D eigenvalue weighted by molar-refractivity contribution is 7.13. The standard InChI is InChI=1S/C40H51N5OS/c1-7-11-23-44(24-12-8-2)33-17-15-31(38(27-33)45(25-13-9-3)26-14-10-4)16-18-34-19-20-35(47-34)21-22-37-36(30-43)39(32(28-41)29-42)46-40(37,5)6/h15-22,27H,7-14,23-26H2,1-6H3/b18-16+,22-21+. The molecule has 2 aromatic rings. The SMILES string of the molecule is CCCCN(CCCC)c1ccc(/C=C/c2ccc(/C=C/C3=C(C#N)C(=C(C#N)C#N)OC3(C)C)s2)c(N(CCCC)CCCC)c1. The third kappa shape index (κ3) is 10.1. The number of nitrogens with zero attached hydrogens (tertiary/aromatic N) is 5. The van der Waals surface area contributed by atoms with Gasteiger partial charge in [0.05, 0.1) is 0 Å². The van der Waals surface area contributed by atoms with Gasteiger partial charge in [0.1, 0.15) is 29.4 Å². The molecule has 3 rings (SSSR count). The summed E-state index contributed by atoms with van der Waals surface area (Å²) >= 11 is 1.67. The highest BCUT2D eigenvalue weighted by atomic mass is 32.1. The van der Waals surface area contributed by atoms with Crippen LogP contribution in [0.15, 0.2) is 58.9 Å². The Balaban J connectivity index is 1.96. The summed E-state index contributed by atoms with van der Waals surface area (Å²) in [5.41, 5.74) is 3.73. The van der Waals surface area contributed by atoms with E-state index < -0.39 is 5.60 Å². The minimum atomic E-state index is -0.831. The number of thiophene rings is 1. The summed E-state index contributed by atoms with van der Waals surface area (Å²) in [6.07, 6.45) is 17.7. The van der Waals surface area contributed by atoms with E-state index in [9.17, 15) is 15.8 Å². The maximum absolute atomic E-state index is 9.85. The van der Waals surface area contributed by atoms with Gasteiger partial charge in [0.2, 0.25) is 0 Å². The largest absolute Gasteiger partial charge is 0.480 e. The van der Waals surface area contributed by atoms with Crippen molar-refractivity contribution in [2.75, 3.05) is 36.0 Å². The van der Waals surface area contributed by atoms with Gasteiger partial charge in [-0.3, -0.25) is 0 Å². The Kier molecular flexibility index (Phi) is 14.9. The fourth-order valence-corrected chi connectivity index (χ4v) is 6.45. The number of allylic oxidation sites excluding steroid dienone is 2. The van der Waals surface area contributed by atoms with Gasteiger partial charge in [-0.25, -0.2) is 0 Å². The predicted molar refractivity (Wildman–Crippen MR) is 199 cm³/mol. The number of nitriles is 3. The van der Waals surface area contributed by atoms with Gasteiger partial charge < -0.3 is 14.5 Å². The highest BCUT2D eigenvalue weighted by Gasteiger charge is 2.38. The summed E-state index contributed by atoms with van der Waals surface area (Å²) < 4.78 is 5.90. The van der Waals surface area contributed by atoms with Crippen LogP contribution >= 0.6 is 11.3 Å². The normalized spacial score (nSPS) is 13.9. The van der Waals surface area contributed by atoms with E-state index in [-0.39, 0.29) is 16.9 Å². The molecule has 6 nitrogen and oxygen atoms in total. The second kappa shape index (κ2) is 18.8. The van der Waals surface area contributed by atoms with E-state index in [0.29, 0.717) is 5.57 Å². The maximum atomic E-state index is 9.85. The van der Waals surface area contributed by atoms with Gasteiger partial charge in [0.15, 0.2) is 11.3 Å². The molecule has 0 unspecified atom stereocenters. The molecule has 0 atom stereocenters. The molecule has 0 bridgehead atoms. The fraction of sp³-hybridized carbons (Fsp3) is 0.475. The van der Waals surface area contributed by atoms with E-state index >= 15 is 0 Å². The molecule has 0 N–H and O–H groups in total. The third-order valence-electron chi connectivity index (χ3n) is 8.40. The lowest BCUT2D eigenvalue weighted by Crippen LogP contribution is -2.28. The lowest BCUT2D eigenvalue weighted by Gasteiger charge is -2.30. The van der Waals surface area contributed by atoms with E-state index in [4.69, 9.17) is 4.74 Å². The van der Waals surface area contributed by atoms with Crippen LogP contribution in [0.3, 0.4) is 0 Å². The average molecular weight is 650 g/mol. The minimum absolute atomic E-state index is 0.0598. The van der Waals surface area contributed by atoms with E-state index in [1.165, 1.54) is 68.3 Å². The summed E-state index contributed by atoms with van der Waals surface area (Å²) in [6.45, 7) is 17.0. The molecule has 248 valence electrons. The second-order valence-corrected chi connectivity index (χ2v) is 13.6. The van der Waals surface area contributed by atoms with E-state index in [2.05, 4.69) is 86.0 Å². The molecule has 0 fully saturated rings. The van der Waals surface area contributed by atoms with E-state index in [0.717, 1.165) is 35.9 Å². The molecule has 7 heteroatoms. The van der Waals surface area contributed by atoms with Gasteiger partial charge in [-0.15, -0.1) is 11.3 Å². The number of ether oxygens (including phenoxy) is 1. The number of hydrogen-bond donors (Lipinski definition) is 0. The Morgan fingerprint density at radius 3 is 1.79 bits per heavy atom. The molecule has 1 aliphatic heterocycles. The number of unbranched alkanes of at least 4 members (excludes halogenated alkanes) is 4. The Morgan fingerprint density at radius 2 is 1.28 bits per heavy atom. The zero-order valence-corrected chi connectivity index (χ0v) is 30.1. The zero-order chi connectivity index (χ0) is 34.2. The smallest absolute Gasteiger partial charge is 0.172 e. The van der Waals surface area contributed by atoms with Crippen LogP contribution in [0.4, 0.5) is 11.4 Å². The predicted octanol–water partition coefficient (Wildman–Crippen LogP) is 10.7. The van der Waals surface area contributed by atoms with Crippen molar-refractivity contribution in [2.24, 2.45) is 0 Å². The molecule has 0 radical (unpaired) electrons. The van der Waals surface area contributed by atoms with Crippen LogP contribution in [-0.4, -0.2) is 31.8 Å². The van der Waals surface area contributed by atoms with Crippen LogP contribution in [0.1, 0.15) is 108 Å². The summed E-state index contributed by atoms with van der Waals surface area (Å²) in [5, 5.41) is 28.6. The lowest BCUT2D eigenvalue weighted by atomic mass is 9.94. The molecule has 1 aromatic heterocycles. The van der Waals surface area contributed by atoms with Crippen LogP contribution < -0.4 is 9.80 Å². The van der Waals surface area contributed by atoms with E-state index in [1.807, 2.05) is 38.1 Å². The molecule has 47 heavy (non-hydrogen) atoms. The molecular weight excluding hydrogens is 599 g/mol. The highest BCUT2D eigenvalue weighted by Crippen LogP contribution is 2.40. The van der Waals surface area contributed by atoms with Gasteiger partial charge in [-0.2, -0.15) is 15.8 Å². The first-order valence-electron chi connectivity index (χ1n) is 17.2. The number of rotatable bonds is 18. The Hall–Kier alpha value is -4.25. The Morgan fingerprint density at radius 1 is 0.745 bits per heavy atom. The van der Waals surface area contributed by atoms with Crippen molar-refractivity contribution in [2.45, 2.75) is 98.5 Å². The van der Waals surface area contributed by atoms with Crippen LogP contribution in [0, 0.1) is 34.0 Å². The number of anilines is 2. The van der Waals surface area contributed by atoms with Gasteiger partial charge in [0, 0.05) is 52.9 Å². The molecule has 0 saturated heterocycles. The van der Waals surface area contributed by atoms with Crippen LogP contribution in [0.5, 0.6) is 0 Å². The molecule has 0 aliphatic carbocycles. The van der Waals surface area contributed by atoms with Gasteiger partial charge in [-0.05, 0) is 81.5 Å². The first-order valence-corrected chi connectivity index (χ1v) is 18.1. The average Bonchev–Trinajstić information content (AvgIpc) is 3.63. The van der Waals surface area contributed by atoms with Crippen molar-refractivity contribution in [3.63, 3.8) is 0 Å². The Labute approximate surface area is 287 Å². The summed E-state index contributed by atoms with van der Waals surface area (Å²) in [6, 6.07) is 17.1. The number of benzene rings is 1. The summed E-state index contributed by atoms with van der Waals surface area (Å²) in [5.74, 6) is 0.0598. The van der Waals surface area contributed by atoms with E-state index in [1.54, 1.807) is 11.3 Å². The number of hydrogen-bond acceptors (Lipinski definition) is 7. The van der Waals surface area contributed by atoms with Crippen molar-refractivity contribution in [1.82, 2.24) is 0 Å². The van der Waals surface area contributed by atoms with Crippen LogP contribution in [0.2, 0.25) is 0 Å². The molecule has 1 aliphatic rings. The molecule has 0 spiro atoms. The molecule has 0 saturated carbocycles. The molecule has 0 amide bonds. The fourth-order valence-electron chi connectivity index (χ4n) is 5.63. The third-order valence-corrected chi connectivity index (χ3v) is 9.42. The first-order chi connectivity index (χ1) is 22.8. The molecular formula is C40H51N5OS. The maximum Gasteiger partial charge on any atom is 0.172 e.